The van der Waals surface area contributed by atoms with Crippen molar-refractivity contribution in [1.29, 1.82) is 0 Å². The number of aliphatic hydroxyl groups excluding tert-OH is 1. The standard InChI is InChI=1S/C23H25F2N3O2/c1-2-27-7-9-28(10-8-27)23-18-6-4-3-5-16(18)15-21(26-23)17-13-19(24)22(20(25)14-17)30-12-11-29/h3-6,13-15,29H,2,7-12H2,1H3. The van der Waals surface area contributed by atoms with Crippen LogP contribution in [0.5, 0.6) is 5.75 Å². The van der Waals surface area contributed by atoms with Crippen molar-refractivity contribution in [3.05, 3.63) is 54.1 Å². The summed E-state index contributed by atoms with van der Waals surface area (Å²) in [5, 5.41) is 10.8. The maximum Gasteiger partial charge on any atom is 0.190 e. The number of rotatable bonds is 6. The minimum atomic E-state index is -0.813. The van der Waals surface area contributed by atoms with Gasteiger partial charge in [0.15, 0.2) is 17.4 Å². The van der Waals surface area contributed by atoms with E-state index in [0.29, 0.717) is 11.3 Å². The first-order valence-corrected chi connectivity index (χ1v) is 10.2. The molecule has 0 amide bonds. The Hall–Kier alpha value is -2.77. The van der Waals surface area contributed by atoms with E-state index >= 15 is 0 Å². The van der Waals surface area contributed by atoms with Gasteiger partial charge in [0.25, 0.3) is 0 Å². The second-order valence-corrected chi connectivity index (χ2v) is 7.31. The molecule has 5 nitrogen and oxygen atoms in total. The number of piperazine rings is 1. The summed E-state index contributed by atoms with van der Waals surface area (Å²) >= 11 is 0. The van der Waals surface area contributed by atoms with Gasteiger partial charge in [0.05, 0.1) is 12.3 Å². The number of aliphatic hydroxyl groups is 1. The summed E-state index contributed by atoms with van der Waals surface area (Å²) in [6, 6.07) is 12.2. The molecule has 1 fully saturated rings. The van der Waals surface area contributed by atoms with E-state index in [4.69, 9.17) is 14.8 Å². The van der Waals surface area contributed by atoms with Gasteiger partial charge in [-0.1, -0.05) is 31.2 Å². The van der Waals surface area contributed by atoms with Crippen LogP contribution in [0.3, 0.4) is 0 Å². The van der Waals surface area contributed by atoms with Crippen LogP contribution in [0.4, 0.5) is 14.6 Å². The minimum Gasteiger partial charge on any atom is -0.485 e. The van der Waals surface area contributed by atoms with Gasteiger partial charge in [-0.05, 0) is 30.1 Å². The van der Waals surface area contributed by atoms with Crippen molar-refractivity contribution >= 4 is 16.6 Å². The van der Waals surface area contributed by atoms with Crippen molar-refractivity contribution in [2.75, 3.05) is 50.8 Å². The summed E-state index contributed by atoms with van der Waals surface area (Å²) in [7, 11) is 0. The van der Waals surface area contributed by atoms with E-state index < -0.39 is 17.4 Å². The summed E-state index contributed by atoms with van der Waals surface area (Å²) in [6.45, 7) is 6.30. The molecule has 0 saturated carbocycles. The SMILES string of the molecule is CCN1CCN(c2nc(-c3cc(F)c(OCCO)c(F)c3)cc3ccccc23)CC1. The lowest BCUT2D eigenvalue weighted by Crippen LogP contribution is -2.46. The van der Waals surface area contributed by atoms with Gasteiger partial charge in [0.2, 0.25) is 0 Å². The van der Waals surface area contributed by atoms with E-state index in [0.717, 1.165) is 49.3 Å². The van der Waals surface area contributed by atoms with Crippen LogP contribution in [-0.4, -0.2) is 60.9 Å². The Balaban J connectivity index is 1.75. The van der Waals surface area contributed by atoms with Crippen LogP contribution >= 0.6 is 0 Å². The van der Waals surface area contributed by atoms with Crippen LogP contribution in [0, 0.1) is 11.6 Å². The molecule has 0 radical (unpaired) electrons. The van der Waals surface area contributed by atoms with Gasteiger partial charge in [0.1, 0.15) is 12.4 Å². The first-order valence-electron chi connectivity index (χ1n) is 10.2. The predicted octanol–water partition coefficient (Wildman–Crippen LogP) is 3.69. The molecular formula is C23H25F2N3O2. The predicted molar refractivity (Wildman–Crippen MR) is 114 cm³/mol. The third-order valence-electron chi connectivity index (χ3n) is 5.47. The quantitative estimate of drug-likeness (QED) is 0.668. The summed E-state index contributed by atoms with van der Waals surface area (Å²) in [5.74, 6) is -1.28. The number of anilines is 1. The fraction of sp³-hybridized carbons (Fsp3) is 0.348. The molecular weight excluding hydrogens is 388 g/mol. The van der Waals surface area contributed by atoms with E-state index in [-0.39, 0.29) is 13.2 Å². The van der Waals surface area contributed by atoms with E-state index in [1.165, 1.54) is 12.1 Å². The Labute approximate surface area is 174 Å². The molecule has 3 aromatic rings. The van der Waals surface area contributed by atoms with Crippen molar-refractivity contribution in [1.82, 2.24) is 9.88 Å². The van der Waals surface area contributed by atoms with Crippen molar-refractivity contribution in [2.24, 2.45) is 0 Å². The topological polar surface area (TPSA) is 48.8 Å². The first kappa shape index (κ1) is 20.5. The smallest absolute Gasteiger partial charge is 0.190 e. The molecule has 0 spiro atoms. The molecule has 30 heavy (non-hydrogen) atoms. The number of hydrogen-bond acceptors (Lipinski definition) is 5. The Kier molecular flexibility index (Phi) is 6.11. The molecule has 0 aliphatic carbocycles. The van der Waals surface area contributed by atoms with E-state index in [9.17, 15) is 8.78 Å². The number of hydrogen-bond donors (Lipinski definition) is 1. The zero-order valence-electron chi connectivity index (χ0n) is 16.9. The molecule has 0 unspecified atom stereocenters. The molecule has 0 atom stereocenters. The Bertz CT molecular complexity index is 1010. The highest BCUT2D eigenvalue weighted by molar-refractivity contribution is 5.95. The molecule has 2 aromatic carbocycles. The maximum absolute atomic E-state index is 14.5. The van der Waals surface area contributed by atoms with Crippen molar-refractivity contribution in [2.45, 2.75) is 6.92 Å². The molecule has 7 heteroatoms. The average molecular weight is 413 g/mol. The molecule has 1 aliphatic rings. The number of aromatic nitrogens is 1. The lowest BCUT2D eigenvalue weighted by Gasteiger charge is -2.35. The summed E-state index contributed by atoms with van der Waals surface area (Å²) in [4.78, 5) is 9.44. The maximum atomic E-state index is 14.5. The van der Waals surface area contributed by atoms with Gasteiger partial charge >= 0.3 is 0 Å². The van der Waals surface area contributed by atoms with Gasteiger partial charge in [0, 0.05) is 37.1 Å². The zero-order valence-corrected chi connectivity index (χ0v) is 16.9. The average Bonchev–Trinajstić information content (AvgIpc) is 2.78. The Morgan fingerprint density at radius 2 is 1.73 bits per heavy atom. The molecule has 1 saturated heterocycles. The van der Waals surface area contributed by atoms with Gasteiger partial charge < -0.3 is 19.6 Å². The number of benzene rings is 2. The zero-order chi connectivity index (χ0) is 21.1. The molecule has 4 rings (SSSR count). The highest BCUT2D eigenvalue weighted by atomic mass is 19.1. The first-order chi connectivity index (χ1) is 14.6. The number of ether oxygens (including phenoxy) is 1. The van der Waals surface area contributed by atoms with Gasteiger partial charge in [-0.3, -0.25) is 0 Å². The second kappa shape index (κ2) is 8.93. The van der Waals surface area contributed by atoms with E-state index in [1.807, 2.05) is 30.3 Å². The van der Waals surface area contributed by atoms with Crippen molar-refractivity contribution in [3.8, 4) is 17.0 Å². The van der Waals surface area contributed by atoms with E-state index in [2.05, 4.69) is 16.7 Å². The molecule has 1 N–H and O–H groups in total. The minimum absolute atomic E-state index is 0.171. The highest BCUT2D eigenvalue weighted by Gasteiger charge is 2.21. The molecule has 2 heterocycles. The van der Waals surface area contributed by atoms with Crippen molar-refractivity contribution < 1.29 is 18.6 Å². The fourth-order valence-electron chi connectivity index (χ4n) is 3.84. The largest absolute Gasteiger partial charge is 0.485 e. The Morgan fingerprint density at radius 3 is 2.40 bits per heavy atom. The van der Waals surface area contributed by atoms with Crippen LogP contribution in [-0.2, 0) is 0 Å². The normalized spacial score (nSPS) is 15.0. The van der Waals surface area contributed by atoms with Crippen LogP contribution in [0.1, 0.15) is 6.92 Å². The lowest BCUT2D eigenvalue weighted by atomic mass is 10.1. The fourth-order valence-corrected chi connectivity index (χ4v) is 3.84. The molecule has 1 aliphatic heterocycles. The Morgan fingerprint density at radius 1 is 1.03 bits per heavy atom. The summed E-state index contributed by atoms with van der Waals surface area (Å²) in [6.07, 6.45) is 0. The lowest BCUT2D eigenvalue weighted by molar-refractivity contribution is 0.191. The van der Waals surface area contributed by atoms with Crippen LogP contribution in [0.25, 0.3) is 22.0 Å². The molecule has 1 aromatic heterocycles. The van der Waals surface area contributed by atoms with Crippen LogP contribution in [0.2, 0.25) is 0 Å². The number of halogens is 2. The third kappa shape index (κ3) is 4.08. The van der Waals surface area contributed by atoms with Crippen LogP contribution in [0.15, 0.2) is 42.5 Å². The molecule has 158 valence electrons. The van der Waals surface area contributed by atoms with Gasteiger partial charge in [-0.25, -0.2) is 13.8 Å². The van der Waals surface area contributed by atoms with Crippen molar-refractivity contribution in [3.63, 3.8) is 0 Å². The highest BCUT2D eigenvalue weighted by Crippen LogP contribution is 2.33. The van der Waals surface area contributed by atoms with Gasteiger partial charge in [-0.2, -0.15) is 0 Å². The summed E-state index contributed by atoms with van der Waals surface area (Å²) in [5.41, 5.74) is 0.855. The van der Waals surface area contributed by atoms with Crippen LogP contribution < -0.4 is 9.64 Å². The second-order valence-electron chi connectivity index (χ2n) is 7.31. The number of likely N-dealkylation sites (N-methyl/N-ethyl adjacent to an activating group) is 1. The molecule has 0 bridgehead atoms. The summed E-state index contributed by atoms with van der Waals surface area (Å²) < 4.78 is 33.9. The number of pyridine rings is 1. The number of fused-ring (bicyclic) bond motifs is 1. The number of nitrogens with zero attached hydrogens (tertiary/aromatic N) is 3. The van der Waals surface area contributed by atoms with Gasteiger partial charge in [-0.15, -0.1) is 0 Å². The van der Waals surface area contributed by atoms with E-state index in [1.54, 1.807) is 0 Å². The monoisotopic (exact) mass is 413 g/mol. The third-order valence-corrected chi connectivity index (χ3v) is 5.47.